The summed E-state index contributed by atoms with van der Waals surface area (Å²) in [5, 5.41) is 13.3. The van der Waals surface area contributed by atoms with Crippen LogP contribution in [0.25, 0.3) is 0 Å². The van der Waals surface area contributed by atoms with Crippen LogP contribution < -0.4 is 10.4 Å². The molecule has 0 aliphatic rings. The molecule has 0 fully saturated rings. The normalized spacial score (nSPS) is 12.3. The lowest BCUT2D eigenvalue weighted by molar-refractivity contribution is -0.888. The van der Waals surface area contributed by atoms with Crippen molar-refractivity contribution in [2.45, 2.75) is 33.6 Å². The molecule has 0 aromatic rings. The predicted octanol–water partition coefficient (Wildman–Crippen LogP) is -0.245. The Labute approximate surface area is 110 Å². The van der Waals surface area contributed by atoms with Gasteiger partial charge in [-0.3, -0.25) is 4.79 Å². The van der Waals surface area contributed by atoms with Crippen LogP contribution in [0.3, 0.4) is 0 Å². The monoisotopic (exact) mass is 258 g/mol. The van der Waals surface area contributed by atoms with Crippen molar-refractivity contribution in [3.63, 3.8) is 0 Å². The van der Waals surface area contributed by atoms with Gasteiger partial charge in [-0.1, -0.05) is 20.8 Å². The maximum absolute atomic E-state index is 11.8. The predicted molar refractivity (Wildman–Crippen MR) is 68.5 cm³/mol. The summed E-state index contributed by atoms with van der Waals surface area (Å²) in [5.74, 6) is -0.984. The molecule has 0 saturated heterocycles. The highest BCUT2D eigenvalue weighted by molar-refractivity contribution is 5.81. The van der Waals surface area contributed by atoms with Gasteiger partial charge >= 0.3 is 0 Å². The van der Waals surface area contributed by atoms with Crippen molar-refractivity contribution in [2.75, 3.05) is 33.7 Å². The van der Waals surface area contributed by atoms with Crippen molar-refractivity contribution in [2.24, 2.45) is 5.41 Å². The number of rotatable bonds is 8. The van der Waals surface area contributed by atoms with E-state index in [1.54, 1.807) is 0 Å². The van der Waals surface area contributed by atoms with Gasteiger partial charge in [-0.2, -0.15) is 0 Å². The molecule has 0 rings (SSSR count). The van der Waals surface area contributed by atoms with Gasteiger partial charge in [0.2, 0.25) is 5.91 Å². The number of aliphatic carboxylic acids is 1. The molecule has 0 aliphatic carbocycles. The third-order valence-corrected chi connectivity index (χ3v) is 3.42. The third-order valence-electron chi connectivity index (χ3n) is 3.42. The summed E-state index contributed by atoms with van der Waals surface area (Å²) in [6, 6.07) is 0. The van der Waals surface area contributed by atoms with Crippen molar-refractivity contribution in [1.29, 1.82) is 0 Å². The van der Waals surface area contributed by atoms with E-state index in [-0.39, 0.29) is 17.7 Å². The average molecular weight is 258 g/mol. The second kappa shape index (κ2) is 6.73. The molecule has 18 heavy (non-hydrogen) atoms. The summed E-state index contributed by atoms with van der Waals surface area (Å²) >= 11 is 0. The van der Waals surface area contributed by atoms with E-state index in [0.717, 1.165) is 6.42 Å². The Balaban J connectivity index is 4.03. The van der Waals surface area contributed by atoms with Crippen molar-refractivity contribution < 1.29 is 19.2 Å². The molecule has 0 unspecified atom stereocenters. The number of quaternary nitrogens is 1. The Morgan fingerprint density at radius 1 is 1.22 bits per heavy atom. The zero-order valence-electron chi connectivity index (χ0n) is 12.2. The highest BCUT2D eigenvalue weighted by atomic mass is 16.4. The Hall–Kier alpha value is -1.10. The maximum Gasteiger partial charge on any atom is 0.225 e. The zero-order valence-corrected chi connectivity index (χ0v) is 12.2. The van der Waals surface area contributed by atoms with Gasteiger partial charge in [0.15, 0.2) is 0 Å². The van der Waals surface area contributed by atoms with Crippen LogP contribution in [0.4, 0.5) is 0 Å². The van der Waals surface area contributed by atoms with Gasteiger partial charge in [0, 0.05) is 17.8 Å². The molecule has 0 radical (unpaired) electrons. The molecule has 0 saturated carbocycles. The molecular formula is C13H26N2O3. The number of carbonyl (C=O) groups excluding carboxylic acids is 2. The van der Waals surface area contributed by atoms with Crippen molar-refractivity contribution >= 4 is 11.9 Å². The Kier molecular flexibility index (Phi) is 6.32. The van der Waals surface area contributed by atoms with Crippen LogP contribution >= 0.6 is 0 Å². The number of hydrogen-bond donors (Lipinski definition) is 1. The first-order chi connectivity index (χ1) is 8.10. The number of nitrogens with one attached hydrogen (secondary N) is 1. The molecule has 0 bridgehead atoms. The summed E-state index contributed by atoms with van der Waals surface area (Å²) < 4.78 is 0.556. The van der Waals surface area contributed by atoms with Gasteiger partial charge in [-0.25, -0.2) is 0 Å². The molecule has 0 heterocycles. The fraction of sp³-hybridized carbons (Fsp3) is 0.846. The topological polar surface area (TPSA) is 69.2 Å². The number of carbonyl (C=O) groups is 2. The number of amides is 1. The van der Waals surface area contributed by atoms with Crippen LogP contribution in [-0.4, -0.2) is 50.1 Å². The maximum atomic E-state index is 11.8. The summed E-state index contributed by atoms with van der Waals surface area (Å²) in [6.45, 7) is 7.59. The second-order valence-electron chi connectivity index (χ2n) is 6.00. The summed E-state index contributed by atoms with van der Waals surface area (Å²) in [4.78, 5) is 22.2. The van der Waals surface area contributed by atoms with E-state index in [2.05, 4.69) is 5.32 Å². The van der Waals surface area contributed by atoms with E-state index < -0.39 is 5.97 Å². The molecule has 0 aromatic carbocycles. The van der Waals surface area contributed by atoms with Crippen LogP contribution in [0.5, 0.6) is 0 Å². The molecular weight excluding hydrogens is 232 g/mol. The Bertz CT molecular complexity index is 299. The molecule has 5 heteroatoms. The van der Waals surface area contributed by atoms with Crippen LogP contribution in [0.15, 0.2) is 0 Å². The smallest absolute Gasteiger partial charge is 0.225 e. The second-order valence-corrected chi connectivity index (χ2v) is 6.00. The van der Waals surface area contributed by atoms with E-state index >= 15 is 0 Å². The minimum Gasteiger partial charge on any atom is -0.550 e. The van der Waals surface area contributed by atoms with E-state index in [4.69, 9.17) is 0 Å². The van der Waals surface area contributed by atoms with E-state index in [0.29, 0.717) is 24.1 Å². The molecule has 5 nitrogen and oxygen atoms in total. The van der Waals surface area contributed by atoms with E-state index in [9.17, 15) is 14.7 Å². The number of hydrogen-bond acceptors (Lipinski definition) is 3. The van der Waals surface area contributed by atoms with Crippen molar-refractivity contribution in [3.8, 4) is 0 Å². The van der Waals surface area contributed by atoms with Gasteiger partial charge in [0.25, 0.3) is 0 Å². The zero-order chi connectivity index (χ0) is 14.4. The molecule has 0 atom stereocenters. The first-order valence-corrected chi connectivity index (χ1v) is 6.41. The van der Waals surface area contributed by atoms with Crippen molar-refractivity contribution in [3.05, 3.63) is 0 Å². The lowest BCUT2D eigenvalue weighted by Crippen LogP contribution is -2.48. The fourth-order valence-electron chi connectivity index (χ4n) is 1.38. The van der Waals surface area contributed by atoms with Gasteiger partial charge in [0.05, 0.1) is 33.7 Å². The van der Waals surface area contributed by atoms with Gasteiger partial charge in [0.1, 0.15) is 0 Å². The van der Waals surface area contributed by atoms with Crippen LogP contribution in [-0.2, 0) is 9.59 Å². The Morgan fingerprint density at radius 3 is 2.22 bits per heavy atom. The van der Waals surface area contributed by atoms with E-state index in [1.807, 2.05) is 34.9 Å². The lowest BCUT2D eigenvalue weighted by atomic mass is 9.89. The first kappa shape index (κ1) is 16.9. The number of carboxylic acids is 1. The van der Waals surface area contributed by atoms with E-state index in [1.165, 1.54) is 0 Å². The van der Waals surface area contributed by atoms with Crippen LogP contribution in [0.2, 0.25) is 0 Å². The lowest BCUT2D eigenvalue weighted by Gasteiger charge is -2.31. The fourth-order valence-corrected chi connectivity index (χ4v) is 1.38. The highest BCUT2D eigenvalue weighted by Crippen LogP contribution is 2.19. The summed E-state index contributed by atoms with van der Waals surface area (Å²) in [7, 11) is 3.89. The van der Waals surface area contributed by atoms with Crippen LogP contribution in [0, 0.1) is 5.41 Å². The summed E-state index contributed by atoms with van der Waals surface area (Å²) in [6.07, 6.45) is 0.836. The highest BCUT2D eigenvalue weighted by Gasteiger charge is 2.25. The minimum absolute atomic E-state index is 0.0431. The SMILES string of the molecule is CCC(C)(C)C(=O)NCC[N+](C)(C)CCC(=O)[O-]. The number of likely N-dealkylation sites (N-methyl/N-ethyl adjacent to an activating group) is 1. The third kappa shape index (κ3) is 6.59. The first-order valence-electron chi connectivity index (χ1n) is 6.41. The molecule has 0 spiro atoms. The molecule has 1 amide bonds. The standard InChI is InChI=1S/C13H26N2O3/c1-6-13(2,3)12(18)14-8-10-15(4,5)9-7-11(16)17/h6-10H2,1-5H3,(H-,14,16,17,18). The number of nitrogens with zero attached hydrogens (tertiary/aromatic N) is 1. The number of carboxylic acid groups (broad SMARTS) is 1. The quantitative estimate of drug-likeness (QED) is 0.611. The molecule has 0 aromatic heterocycles. The molecule has 0 aliphatic heterocycles. The van der Waals surface area contributed by atoms with Gasteiger partial charge in [-0.05, 0) is 6.42 Å². The average Bonchev–Trinajstić information content (AvgIpc) is 2.26. The van der Waals surface area contributed by atoms with Crippen LogP contribution in [0.1, 0.15) is 33.6 Å². The molecule has 1 N–H and O–H groups in total. The van der Waals surface area contributed by atoms with Gasteiger partial charge < -0.3 is 19.7 Å². The summed E-state index contributed by atoms with van der Waals surface area (Å²) in [5.41, 5.74) is -0.345. The van der Waals surface area contributed by atoms with Crippen molar-refractivity contribution in [1.82, 2.24) is 5.32 Å². The molecule has 106 valence electrons. The largest absolute Gasteiger partial charge is 0.550 e. The Morgan fingerprint density at radius 2 is 1.78 bits per heavy atom. The van der Waals surface area contributed by atoms with Gasteiger partial charge in [-0.15, -0.1) is 0 Å². The minimum atomic E-state index is -1.03.